The van der Waals surface area contributed by atoms with E-state index in [9.17, 15) is 9.59 Å². The summed E-state index contributed by atoms with van der Waals surface area (Å²) in [6, 6.07) is 13.2. The third kappa shape index (κ3) is 6.19. The van der Waals surface area contributed by atoms with E-state index in [1.165, 1.54) is 0 Å². The molecule has 0 fully saturated rings. The van der Waals surface area contributed by atoms with Crippen LogP contribution < -0.4 is 9.47 Å². The zero-order valence-electron chi connectivity index (χ0n) is 20.7. The summed E-state index contributed by atoms with van der Waals surface area (Å²) >= 11 is 0. The molecular weight excluding hydrogens is 432 g/mol. The van der Waals surface area contributed by atoms with Gasteiger partial charge >= 0.3 is 12.3 Å². The summed E-state index contributed by atoms with van der Waals surface area (Å²) in [7, 11) is 0. The lowest BCUT2D eigenvalue weighted by Crippen LogP contribution is -2.16. The molecule has 0 spiro atoms. The van der Waals surface area contributed by atoms with Crippen LogP contribution in [0.5, 0.6) is 11.5 Å². The Bertz CT molecular complexity index is 1150. The van der Waals surface area contributed by atoms with E-state index in [-0.39, 0.29) is 25.0 Å². The molecule has 0 amide bonds. The van der Waals surface area contributed by atoms with Gasteiger partial charge in [-0.3, -0.25) is 0 Å². The standard InChI is InChI=1S/C28H34O6/c1-6-7-11-20-12-10-15-23-24(20)26(34-28(30)32-17-19(4)5)22-14-9-8-13-21(22)25(23)33-27(29)31-16-18(2)3/h8-10,12-15,18-19H,6-7,11,16-17H2,1-5H3. The Balaban J connectivity index is 2.18. The highest BCUT2D eigenvalue weighted by Gasteiger charge is 2.23. The first-order valence-corrected chi connectivity index (χ1v) is 12.0. The fourth-order valence-electron chi connectivity index (χ4n) is 3.70. The molecule has 0 aliphatic carbocycles. The second kappa shape index (κ2) is 11.7. The molecule has 0 radical (unpaired) electrons. The maximum absolute atomic E-state index is 12.6. The van der Waals surface area contributed by atoms with E-state index in [0.29, 0.717) is 27.7 Å². The summed E-state index contributed by atoms with van der Waals surface area (Å²) in [6.45, 7) is 10.5. The minimum Gasteiger partial charge on any atom is -0.434 e. The predicted molar refractivity (Wildman–Crippen MR) is 134 cm³/mol. The van der Waals surface area contributed by atoms with E-state index in [4.69, 9.17) is 18.9 Å². The van der Waals surface area contributed by atoms with Gasteiger partial charge in [-0.25, -0.2) is 9.59 Å². The van der Waals surface area contributed by atoms with Crippen LogP contribution in [0.15, 0.2) is 42.5 Å². The second-order valence-corrected chi connectivity index (χ2v) is 9.26. The minimum absolute atomic E-state index is 0.189. The van der Waals surface area contributed by atoms with Gasteiger partial charge in [-0.1, -0.05) is 83.5 Å². The van der Waals surface area contributed by atoms with Crippen LogP contribution >= 0.6 is 0 Å². The topological polar surface area (TPSA) is 71.1 Å². The van der Waals surface area contributed by atoms with Crippen molar-refractivity contribution in [3.8, 4) is 11.5 Å². The lowest BCUT2D eigenvalue weighted by Gasteiger charge is -2.18. The third-order valence-corrected chi connectivity index (χ3v) is 5.28. The van der Waals surface area contributed by atoms with Crippen LogP contribution in [0.4, 0.5) is 9.59 Å². The molecule has 6 heteroatoms. The molecule has 3 rings (SSSR count). The number of hydrogen-bond donors (Lipinski definition) is 0. The van der Waals surface area contributed by atoms with Crippen LogP contribution in [-0.4, -0.2) is 25.5 Å². The Kier molecular flexibility index (Phi) is 8.74. The lowest BCUT2D eigenvalue weighted by molar-refractivity contribution is 0.0879. The number of rotatable bonds is 9. The van der Waals surface area contributed by atoms with Crippen LogP contribution in [0.1, 0.15) is 53.0 Å². The SMILES string of the molecule is CCCCc1cccc2c(OC(=O)OCC(C)C)c3ccccc3c(OC(=O)OCC(C)C)c12. The molecule has 0 unspecified atom stereocenters. The van der Waals surface area contributed by atoms with Gasteiger partial charge in [-0.2, -0.15) is 0 Å². The molecule has 0 aromatic heterocycles. The number of benzene rings is 3. The van der Waals surface area contributed by atoms with Gasteiger partial charge in [-0.15, -0.1) is 0 Å². The first-order valence-electron chi connectivity index (χ1n) is 12.0. The van der Waals surface area contributed by atoms with Gasteiger partial charge in [-0.05, 0) is 30.2 Å². The molecule has 34 heavy (non-hydrogen) atoms. The summed E-state index contributed by atoms with van der Waals surface area (Å²) < 4.78 is 22.2. The summed E-state index contributed by atoms with van der Waals surface area (Å²) in [4.78, 5) is 25.1. The first kappa shape index (κ1) is 25.3. The zero-order valence-corrected chi connectivity index (χ0v) is 20.7. The van der Waals surface area contributed by atoms with E-state index in [1.54, 1.807) is 0 Å². The quantitative estimate of drug-likeness (QED) is 0.183. The van der Waals surface area contributed by atoms with Crippen molar-refractivity contribution in [1.82, 2.24) is 0 Å². The van der Waals surface area contributed by atoms with Crippen molar-refractivity contribution in [3.05, 3.63) is 48.0 Å². The number of fused-ring (bicyclic) bond motifs is 2. The van der Waals surface area contributed by atoms with Gasteiger partial charge < -0.3 is 18.9 Å². The van der Waals surface area contributed by atoms with E-state index in [0.717, 1.165) is 30.2 Å². The van der Waals surface area contributed by atoms with Gasteiger partial charge in [0.2, 0.25) is 0 Å². The molecule has 0 N–H and O–H groups in total. The highest BCUT2D eigenvalue weighted by Crippen LogP contribution is 2.44. The fraction of sp³-hybridized carbons (Fsp3) is 0.429. The summed E-state index contributed by atoms with van der Waals surface area (Å²) in [5, 5.41) is 2.73. The van der Waals surface area contributed by atoms with Gasteiger partial charge in [0, 0.05) is 21.5 Å². The largest absolute Gasteiger partial charge is 0.513 e. The van der Waals surface area contributed by atoms with Crippen LogP contribution in [0.3, 0.4) is 0 Å². The minimum atomic E-state index is -0.760. The number of hydrogen-bond acceptors (Lipinski definition) is 6. The Morgan fingerprint density at radius 2 is 1.26 bits per heavy atom. The number of ether oxygens (including phenoxy) is 4. The van der Waals surface area contributed by atoms with Crippen molar-refractivity contribution in [2.24, 2.45) is 11.8 Å². The Morgan fingerprint density at radius 1 is 0.735 bits per heavy atom. The van der Waals surface area contributed by atoms with Gasteiger partial charge in [0.05, 0.1) is 13.2 Å². The first-order chi connectivity index (χ1) is 16.3. The average molecular weight is 467 g/mol. The zero-order chi connectivity index (χ0) is 24.7. The smallest absolute Gasteiger partial charge is 0.434 e. The van der Waals surface area contributed by atoms with Crippen molar-refractivity contribution >= 4 is 33.9 Å². The fourth-order valence-corrected chi connectivity index (χ4v) is 3.70. The van der Waals surface area contributed by atoms with E-state index in [1.807, 2.05) is 70.2 Å². The third-order valence-electron chi connectivity index (χ3n) is 5.28. The van der Waals surface area contributed by atoms with Crippen molar-refractivity contribution in [2.45, 2.75) is 53.9 Å². The van der Waals surface area contributed by atoms with Crippen LogP contribution in [-0.2, 0) is 15.9 Å². The average Bonchev–Trinajstić information content (AvgIpc) is 2.81. The molecule has 3 aromatic carbocycles. The van der Waals surface area contributed by atoms with Crippen LogP contribution in [0, 0.1) is 11.8 Å². The summed E-state index contributed by atoms with van der Waals surface area (Å²) in [5.74, 6) is 1.18. The van der Waals surface area contributed by atoms with E-state index >= 15 is 0 Å². The molecular formula is C28H34O6. The molecule has 0 atom stereocenters. The monoisotopic (exact) mass is 466 g/mol. The molecule has 0 saturated carbocycles. The molecule has 6 nitrogen and oxygen atoms in total. The Hall–Kier alpha value is -3.28. The highest BCUT2D eigenvalue weighted by atomic mass is 16.7. The molecule has 0 aliphatic heterocycles. The maximum atomic E-state index is 12.6. The molecule has 0 heterocycles. The lowest BCUT2D eigenvalue weighted by atomic mass is 9.94. The molecule has 0 aliphatic rings. The van der Waals surface area contributed by atoms with Gasteiger partial charge in [0.25, 0.3) is 0 Å². The van der Waals surface area contributed by atoms with Crippen molar-refractivity contribution in [3.63, 3.8) is 0 Å². The van der Waals surface area contributed by atoms with E-state index < -0.39 is 12.3 Å². The maximum Gasteiger partial charge on any atom is 0.513 e. The normalized spacial score (nSPS) is 11.3. The molecule has 182 valence electrons. The van der Waals surface area contributed by atoms with Gasteiger partial charge in [0.15, 0.2) is 5.75 Å². The number of aryl methyl sites for hydroxylation is 1. The second-order valence-electron chi connectivity index (χ2n) is 9.26. The van der Waals surface area contributed by atoms with Crippen LogP contribution in [0.2, 0.25) is 0 Å². The number of carbonyl (C=O) groups is 2. The van der Waals surface area contributed by atoms with Gasteiger partial charge in [0.1, 0.15) is 5.75 Å². The van der Waals surface area contributed by atoms with Crippen molar-refractivity contribution in [2.75, 3.05) is 13.2 Å². The molecule has 3 aromatic rings. The molecule has 0 saturated heterocycles. The highest BCUT2D eigenvalue weighted by molar-refractivity contribution is 6.13. The Morgan fingerprint density at radius 3 is 1.82 bits per heavy atom. The van der Waals surface area contributed by atoms with Crippen molar-refractivity contribution in [1.29, 1.82) is 0 Å². The van der Waals surface area contributed by atoms with Crippen molar-refractivity contribution < 1.29 is 28.5 Å². The van der Waals surface area contributed by atoms with E-state index in [2.05, 4.69) is 6.92 Å². The number of unbranched alkanes of at least 4 members (excludes halogenated alkanes) is 1. The predicted octanol–water partition coefficient (Wildman–Crippen LogP) is 7.68. The number of carbonyl (C=O) groups excluding carboxylic acids is 2. The summed E-state index contributed by atoms with van der Waals surface area (Å²) in [5.41, 5.74) is 1.01. The summed E-state index contributed by atoms with van der Waals surface area (Å²) in [6.07, 6.45) is 1.26. The van der Waals surface area contributed by atoms with Crippen LogP contribution in [0.25, 0.3) is 21.5 Å². The Labute approximate surface area is 201 Å². The molecule has 0 bridgehead atoms.